The fraction of sp³-hybridized carbons (Fsp3) is 0. The van der Waals surface area contributed by atoms with Crippen molar-refractivity contribution in [2.75, 3.05) is 0 Å². The Morgan fingerprint density at radius 3 is 0.600 bits per heavy atom. The molecular weight excluding hydrogens is 250 g/mol. The van der Waals surface area contributed by atoms with Gasteiger partial charge in [0.15, 0.2) is 0 Å². The van der Waals surface area contributed by atoms with Crippen LogP contribution in [0.5, 0.6) is 0 Å². The van der Waals surface area contributed by atoms with E-state index in [0.29, 0.717) is 0 Å². The van der Waals surface area contributed by atoms with Crippen LogP contribution < -0.4 is 0 Å². The topological polar surface area (TPSA) is 0 Å². The summed E-state index contributed by atoms with van der Waals surface area (Å²) in [7, 11) is 0. The predicted octanol–water partition coefficient (Wildman–Crippen LogP) is -1.19. The minimum atomic E-state index is 0. The Balaban J connectivity index is 0. The van der Waals surface area contributed by atoms with Crippen molar-refractivity contribution in [1.29, 1.82) is 0 Å². The maximum absolute atomic E-state index is 0. The summed E-state index contributed by atoms with van der Waals surface area (Å²) < 4.78 is 0. The van der Waals surface area contributed by atoms with Gasteiger partial charge in [0, 0.05) is 68.3 Å². The Labute approximate surface area is 78.5 Å². The van der Waals surface area contributed by atoms with Crippen LogP contribution in [0.3, 0.4) is 0 Å². The van der Waals surface area contributed by atoms with Crippen molar-refractivity contribution in [3.8, 4) is 0 Å². The molecular formula is H3Fe2Mn2Si. The van der Waals surface area contributed by atoms with Crippen molar-refractivity contribution in [2.45, 2.75) is 0 Å². The van der Waals surface area contributed by atoms with E-state index >= 15 is 0 Å². The molecule has 0 amide bonds. The number of hydrogen-bond acceptors (Lipinski definition) is 0. The second kappa shape index (κ2) is 33.5. The average molecular weight is 253 g/mol. The van der Waals surface area contributed by atoms with Crippen LogP contribution in [0.4, 0.5) is 0 Å². The largest absolute Gasteiger partial charge is 0.0125 e. The minimum Gasteiger partial charge on any atom is -0.0125 e. The molecule has 5 heavy (non-hydrogen) atoms. The third-order valence-electron chi connectivity index (χ3n) is 0. The van der Waals surface area contributed by atoms with Crippen molar-refractivity contribution < 1.29 is 68.3 Å². The summed E-state index contributed by atoms with van der Waals surface area (Å²) in [4.78, 5) is 0. The van der Waals surface area contributed by atoms with Crippen LogP contribution in [0.15, 0.2) is 0 Å². The van der Waals surface area contributed by atoms with Gasteiger partial charge >= 0.3 is 0 Å². The molecule has 0 aromatic rings. The molecule has 0 heterocycles. The van der Waals surface area contributed by atoms with Gasteiger partial charge in [0.05, 0.1) is 0 Å². The average Bonchev–Trinajstić information content (AvgIpc) is 0. The molecule has 37 valence electrons. The van der Waals surface area contributed by atoms with Gasteiger partial charge in [-0.05, 0) is 11.0 Å². The first-order chi connectivity index (χ1) is 0. The van der Waals surface area contributed by atoms with Crippen LogP contribution >= 0.6 is 0 Å². The molecule has 0 aromatic heterocycles. The third-order valence-corrected chi connectivity index (χ3v) is 0. The van der Waals surface area contributed by atoms with Gasteiger partial charge in [0.25, 0.3) is 0 Å². The maximum atomic E-state index is 0. The predicted molar refractivity (Wildman–Crippen MR) is 9.94 cm³/mol. The fourth-order valence-corrected chi connectivity index (χ4v) is 0. The van der Waals surface area contributed by atoms with Gasteiger partial charge in [-0.2, -0.15) is 0 Å². The summed E-state index contributed by atoms with van der Waals surface area (Å²) in [5.74, 6) is 0. The second-order valence-corrected chi connectivity index (χ2v) is 0. The molecule has 0 aliphatic rings. The summed E-state index contributed by atoms with van der Waals surface area (Å²) in [6, 6.07) is 0. The van der Waals surface area contributed by atoms with Crippen LogP contribution in [0.2, 0.25) is 0 Å². The second-order valence-electron chi connectivity index (χ2n) is 0. The van der Waals surface area contributed by atoms with E-state index in [4.69, 9.17) is 0 Å². The first-order valence-corrected chi connectivity index (χ1v) is 0. The monoisotopic (exact) mass is 253 g/mol. The Kier molecular flexibility index (Phi) is 368. The first-order valence-electron chi connectivity index (χ1n) is 0. The summed E-state index contributed by atoms with van der Waals surface area (Å²) >= 11 is 0. The van der Waals surface area contributed by atoms with E-state index in [-0.39, 0.29) is 79.2 Å². The van der Waals surface area contributed by atoms with Crippen LogP contribution in [0, 0.1) is 0 Å². The molecule has 0 saturated heterocycles. The van der Waals surface area contributed by atoms with Crippen LogP contribution in [0.25, 0.3) is 0 Å². The quantitative estimate of drug-likeness (QED) is 0.476. The molecule has 0 aliphatic carbocycles. The third kappa shape index (κ3) is 22.0. The standard InChI is InChI=1S/2Fe.2Mn.H3Si/h;;;;1H3. The molecule has 3 radical (unpaired) electrons. The van der Waals surface area contributed by atoms with Crippen LogP contribution in [0.1, 0.15) is 0 Å². The molecule has 0 aromatic carbocycles. The molecule has 0 unspecified atom stereocenters. The van der Waals surface area contributed by atoms with E-state index in [0.717, 1.165) is 0 Å². The molecule has 0 N–H and O–H groups in total. The van der Waals surface area contributed by atoms with E-state index in [1.807, 2.05) is 0 Å². The van der Waals surface area contributed by atoms with Gasteiger partial charge in [-0.3, -0.25) is 0 Å². The van der Waals surface area contributed by atoms with Crippen molar-refractivity contribution in [1.82, 2.24) is 0 Å². The van der Waals surface area contributed by atoms with E-state index in [9.17, 15) is 0 Å². The molecule has 0 rings (SSSR count). The van der Waals surface area contributed by atoms with E-state index < -0.39 is 0 Å². The molecule has 0 atom stereocenters. The van der Waals surface area contributed by atoms with Gasteiger partial charge in [0.1, 0.15) is 0 Å². The van der Waals surface area contributed by atoms with Crippen molar-refractivity contribution in [2.24, 2.45) is 0 Å². The Hall–Kier alpha value is 2.29. The Bertz CT molecular complexity index is 7.61. The van der Waals surface area contributed by atoms with E-state index in [2.05, 4.69) is 0 Å². The number of rotatable bonds is 0. The van der Waals surface area contributed by atoms with Crippen molar-refractivity contribution in [3.05, 3.63) is 0 Å². The summed E-state index contributed by atoms with van der Waals surface area (Å²) in [6.07, 6.45) is 0. The molecule has 0 aliphatic heterocycles. The maximum Gasteiger partial charge on any atom is 0 e. The Morgan fingerprint density at radius 1 is 0.600 bits per heavy atom. The molecule has 0 spiro atoms. The zero-order valence-electron chi connectivity index (χ0n) is 2.46. The summed E-state index contributed by atoms with van der Waals surface area (Å²) in [5, 5.41) is 0. The summed E-state index contributed by atoms with van der Waals surface area (Å²) in [6.45, 7) is 0. The normalized spacial score (nSPS) is 0. The zero-order valence-corrected chi connectivity index (χ0v) is 9.03. The van der Waals surface area contributed by atoms with Gasteiger partial charge in [0.2, 0.25) is 0 Å². The number of hydrogen-bond donors (Lipinski definition) is 0. The van der Waals surface area contributed by atoms with Gasteiger partial charge in [-0.1, -0.05) is 0 Å². The smallest absolute Gasteiger partial charge is 0 e. The summed E-state index contributed by atoms with van der Waals surface area (Å²) in [5.41, 5.74) is 0. The molecule has 0 saturated carbocycles. The van der Waals surface area contributed by atoms with E-state index in [1.54, 1.807) is 0 Å². The van der Waals surface area contributed by atoms with Crippen molar-refractivity contribution >= 4 is 11.0 Å². The molecule has 0 fully saturated rings. The van der Waals surface area contributed by atoms with Crippen molar-refractivity contribution in [3.63, 3.8) is 0 Å². The minimum absolute atomic E-state index is 0. The van der Waals surface area contributed by atoms with Crippen LogP contribution in [-0.4, -0.2) is 11.0 Å². The fourth-order valence-electron chi connectivity index (χ4n) is 0. The SMILES string of the molecule is [Fe].[Fe].[Mn].[Mn].[SiH3]. The zero-order chi connectivity index (χ0) is 0. The van der Waals surface area contributed by atoms with Gasteiger partial charge in [-0.15, -0.1) is 0 Å². The first kappa shape index (κ1) is 54.9. The van der Waals surface area contributed by atoms with Gasteiger partial charge < -0.3 is 0 Å². The molecule has 0 nitrogen and oxygen atoms in total. The van der Waals surface area contributed by atoms with Crippen LogP contribution in [-0.2, 0) is 68.3 Å². The Morgan fingerprint density at radius 2 is 0.600 bits per heavy atom. The molecule has 5 heteroatoms. The van der Waals surface area contributed by atoms with E-state index in [1.165, 1.54) is 0 Å². The molecule has 0 bridgehead atoms. The van der Waals surface area contributed by atoms with Gasteiger partial charge in [-0.25, -0.2) is 0 Å².